The van der Waals surface area contributed by atoms with Crippen LogP contribution < -0.4 is 0 Å². The van der Waals surface area contributed by atoms with Crippen LogP contribution in [-0.4, -0.2) is 39.6 Å². The highest BCUT2D eigenvalue weighted by molar-refractivity contribution is 7.99. The highest BCUT2D eigenvalue weighted by Crippen LogP contribution is 2.17. The van der Waals surface area contributed by atoms with Crippen molar-refractivity contribution >= 4 is 17.7 Å². The molecule has 0 bridgehead atoms. The molecule has 0 spiro atoms. The molecule has 0 saturated heterocycles. The molecular weight excluding hydrogens is 240 g/mol. The minimum atomic E-state index is -0.823. The number of nitrogens with zero attached hydrogens (tertiary/aromatic N) is 2. The van der Waals surface area contributed by atoms with Gasteiger partial charge in [-0.2, -0.15) is 0 Å². The van der Waals surface area contributed by atoms with Crippen LogP contribution in [0.5, 0.6) is 0 Å². The van der Waals surface area contributed by atoms with Crippen molar-refractivity contribution in [2.75, 3.05) is 19.0 Å². The summed E-state index contributed by atoms with van der Waals surface area (Å²) in [4.78, 5) is 14.8. The molecule has 0 radical (unpaired) electrons. The second-order valence-electron chi connectivity index (χ2n) is 3.59. The summed E-state index contributed by atoms with van der Waals surface area (Å²) in [7, 11) is 0. The van der Waals surface area contributed by atoms with Crippen molar-refractivity contribution < 1.29 is 14.6 Å². The molecule has 0 unspecified atom stereocenters. The van der Waals surface area contributed by atoms with Crippen molar-refractivity contribution in [2.24, 2.45) is 0 Å². The topological polar surface area (TPSA) is 64.4 Å². The van der Waals surface area contributed by atoms with Gasteiger partial charge in [0.05, 0.1) is 11.4 Å². The molecule has 1 rings (SSSR count). The van der Waals surface area contributed by atoms with E-state index in [0.717, 1.165) is 37.0 Å². The van der Waals surface area contributed by atoms with Gasteiger partial charge >= 0.3 is 5.97 Å². The lowest BCUT2D eigenvalue weighted by molar-refractivity contribution is -0.133. The van der Waals surface area contributed by atoms with E-state index in [1.165, 1.54) is 11.8 Å². The first-order chi connectivity index (χ1) is 8.13. The molecule has 0 amide bonds. The lowest BCUT2D eigenvalue weighted by Gasteiger charge is -2.06. The summed E-state index contributed by atoms with van der Waals surface area (Å²) in [6.07, 6.45) is 2.85. The van der Waals surface area contributed by atoms with Gasteiger partial charge in [0, 0.05) is 26.0 Å². The number of hydrogen-bond acceptors (Lipinski definition) is 4. The van der Waals surface area contributed by atoms with Crippen LogP contribution in [0, 0.1) is 6.92 Å². The van der Waals surface area contributed by atoms with E-state index in [4.69, 9.17) is 9.84 Å². The molecule has 1 heterocycles. The molecule has 0 aliphatic carbocycles. The summed E-state index contributed by atoms with van der Waals surface area (Å²) in [5.74, 6) is -0.779. The molecule has 0 aromatic carbocycles. The third-order valence-corrected chi connectivity index (χ3v) is 3.05. The normalized spacial score (nSPS) is 10.7. The summed E-state index contributed by atoms with van der Waals surface area (Å²) >= 11 is 1.25. The van der Waals surface area contributed by atoms with Crippen molar-refractivity contribution in [1.29, 1.82) is 0 Å². The second-order valence-corrected chi connectivity index (χ2v) is 4.53. The number of hydrogen-bond donors (Lipinski definition) is 1. The maximum Gasteiger partial charge on any atom is 0.313 e. The van der Waals surface area contributed by atoms with Gasteiger partial charge in [0.15, 0.2) is 5.16 Å². The molecule has 0 fully saturated rings. The summed E-state index contributed by atoms with van der Waals surface area (Å²) in [5, 5.41) is 9.41. The molecule has 1 aromatic heterocycles. The van der Waals surface area contributed by atoms with E-state index in [2.05, 4.69) is 4.98 Å². The molecule has 1 aromatic rings. The van der Waals surface area contributed by atoms with Crippen molar-refractivity contribution in [3.8, 4) is 0 Å². The van der Waals surface area contributed by atoms with Crippen LogP contribution in [0.15, 0.2) is 11.4 Å². The van der Waals surface area contributed by atoms with Gasteiger partial charge < -0.3 is 14.4 Å². The Balaban J connectivity index is 2.48. The van der Waals surface area contributed by atoms with Crippen LogP contribution in [0.4, 0.5) is 0 Å². The van der Waals surface area contributed by atoms with Crippen LogP contribution in [-0.2, 0) is 16.1 Å². The number of carbonyl (C=O) groups is 1. The molecule has 96 valence electrons. The number of aliphatic carboxylic acids is 1. The van der Waals surface area contributed by atoms with E-state index in [9.17, 15) is 4.79 Å². The number of ether oxygens (including phenoxy) is 1. The maximum absolute atomic E-state index is 10.5. The number of thioether (sulfide) groups is 1. The highest BCUT2D eigenvalue weighted by atomic mass is 32.2. The van der Waals surface area contributed by atoms with Gasteiger partial charge in [-0.05, 0) is 20.3 Å². The summed E-state index contributed by atoms with van der Waals surface area (Å²) in [5.41, 5.74) is 0.911. The Morgan fingerprint density at radius 2 is 2.41 bits per heavy atom. The van der Waals surface area contributed by atoms with Gasteiger partial charge in [-0.1, -0.05) is 11.8 Å². The van der Waals surface area contributed by atoms with Gasteiger partial charge in [0.1, 0.15) is 0 Å². The number of aromatic nitrogens is 2. The fourth-order valence-electron chi connectivity index (χ4n) is 1.41. The fourth-order valence-corrected chi connectivity index (χ4v) is 2.18. The minimum absolute atomic E-state index is 0.0436. The summed E-state index contributed by atoms with van der Waals surface area (Å²) in [6, 6.07) is 0. The quantitative estimate of drug-likeness (QED) is 0.569. The Hall–Kier alpha value is -1.01. The first kappa shape index (κ1) is 14.1. The SMILES string of the molecule is CCOCCCn1cc(C)nc1SCC(=O)O. The van der Waals surface area contributed by atoms with E-state index in [-0.39, 0.29) is 5.75 Å². The Kier molecular flexibility index (Phi) is 6.07. The maximum atomic E-state index is 10.5. The number of aryl methyl sites for hydroxylation is 2. The largest absolute Gasteiger partial charge is 0.481 e. The van der Waals surface area contributed by atoms with Gasteiger partial charge in [-0.15, -0.1) is 0 Å². The first-order valence-electron chi connectivity index (χ1n) is 5.59. The predicted molar refractivity (Wildman–Crippen MR) is 66.4 cm³/mol. The van der Waals surface area contributed by atoms with Crippen LogP contribution in [0.25, 0.3) is 0 Å². The van der Waals surface area contributed by atoms with Crippen molar-refractivity contribution in [2.45, 2.75) is 32.0 Å². The second kappa shape index (κ2) is 7.34. The number of carboxylic acids is 1. The molecule has 0 aliphatic heterocycles. The molecule has 6 heteroatoms. The molecule has 5 nitrogen and oxygen atoms in total. The lowest BCUT2D eigenvalue weighted by Crippen LogP contribution is -2.05. The number of rotatable bonds is 8. The number of imidazole rings is 1. The first-order valence-corrected chi connectivity index (χ1v) is 6.58. The zero-order valence-electron chi connectivity index (χ0n) is 10.2. The van der Waals surface area contributed by atoms with Crippen molar-refractivity contribution in [3.63, 3.8) is 0 Å². The zero-order chi connectivity index (χ0) is 12.7. The highest BCUT2D eigenvalue weighted by Gasteiger charge is 2.08. The minimum Gasteiger partial charge on any atom is -0.481 e. The van der Waals surface area contributed by atoms with E-state index in [0.29, 0.717) is 0 Å². The Labute approximate surface area is 105 Å². The molecule has 0 aliphatic rings. The third kappa shape index (κ3) is 5.23. The monoisotopic (exact) mass is 258 g/mol. The standard InChI is InChI=1S/C11H18N2O3S/c1-3-16-6-4-5-13-7-9(2)12-11(13)17-8-10(14)15/h7H,3-6,8H2,1-2H3,(H,14,15). The van der Waals surface area contributed by atoms with Crippen LogP contribution in [0.3, 0.4) is 0 Å². The van der Waals surface area contributed by atoms with Gasteiger partial charge in [-0.3, -0.25) is 4.79 Å². The van der Waals surface area contributed by atoms with Gasteiger partial charge in [0.25, 0.3) is 0 Å². The molecular formula is C11H18N2O3S. The van der Waals surface area contributed by atoms with Crippen LogP contribution in [0.2, 0.25) is 0 Å². The zero-order valence-corrected chi connectivity index (χ0v) is 11.0. The van der Waals surface area contributed by atoms with E-state index in [1.807, 2.05) is 24.6 Å². The molecule has 1 N–H and O–H groups in total. The van der Waals surface area contributed by atoms with Crippen molar-refractivity contribution in [3.05, 3.63) is 11.9 Å². The summed E-state index contributed by atoms with van der Waals surface area (Å²) in [6.45, 7) is 6.13. The van der Waals surface area contributed by atoms with E-state index >= 15 is 0 Å². The average Bonchev–Trinajstić information content (AvgIpc) is 2.62. The van der Waals surface area contributed by atoms with Gasteiger partial charge in [-0.25, -0.2) is 4.98 Å². The van der Waals surface area contributed by atoms with Crippen molar-refractivity contribution in [1.82, 2.24) is 9.55 Å². The van der Waals surface area contributed by atoms with Crippen LogP contribution in [0.1, 0.15) is 19.0 Å². The fraction of sp³-hybridized carbons (Fsp3) is 0.636. The van der Waals surface area contributed by atoms with E-state index in [1.54, 1.807) is 0 Å². The van der Waals surface area contributed by atoms with Crippen LogP contribution >= 0.6 is 11.8 Å². The molecule has 0 saturated carbocycles. The number of carboxylic acid groups (broad SMARTS) is 1. The molecule has 0 atom stereocenters. The third-order valence-electron chi connectivity index (χ3n) is 2.08. The predicted octanol–water partition coefficient (Wildman–Crippen LogP) is 1.79. The van der Waals surface area contributed by atoms with Gasteiger partial charge in [0.2, 0.25) is 0 Å². The smallest absolute Gasteiger partial charge is 0.313 e. The van der Waals surface area contributed by atoms with E-state index < -0.39 is 5.97 Å². The lowest BCUT2D eigenvalue weighted by atomic mass is 10.4. The Morgan fingerprint density at radius 1 is 1.65 bits per heavy atom. The Morgan fingerprint density at radius 3 is 3.06 bits per heavy atom. The molecule has 17 heavy (non-hydrogen) atoms. The Bertz CT molecular complexity index is 366. The average molecular weight is 258 g/mol. The summed E-state index contributed by atoms with van der Waals surface area (Å²) < 4.78 is 7.25.